The monoisotopic (exact) mass is 455 g/mol. The number of fused-ring (bicyclic) bond motifs is 1. The number of aromatic nitrogens is 3. The number of primary amides is 1. The van der Waals surface area contributed by atoms with Crippen LogP contribution in [0, 0.1) is 12.0 Å². The zero-order valence-electron chi connectivity index (χ0n) is 19.0. The number of carbonyl (C=O) groups is 1. The van der Waals surface area contributed by atoms with Gasteiger partial charge in [-0.05, 0) is 61.9 Å². The van der Waals surface area contributed by atoms with Gasteiger partial charge in [-0.2, -0.15) is 5.10 Å². The number of amides is 1. The maximum absolute atomic E-state index is 12.4. The summed E-state index contributed by atoms with van der Waals surface area (Å²) >= 11 is 0. The van der Waals surface area contributed by atoms with Crippen LogP contribution in [-0.4, -0.2) is 45.6 Å². The van der Waals surface area contributed by atoms with Crippen molar-refractivity contribution in [2.45, 2.75) is 19.3 Å². The van der Waals surface area contributed by atoms with Crippen LogP contribution < -0.4 is 15.2 Å². The van der Waals surface area contributed by atoms with Crippen molar-refractivity contribution in [3.63, 3.8) is 0 Å². The minimum atomic E-state index is -0.542. The Morgan fingerprint density at radius 3 is 2.44 bits per heavy atom. The van der Waals surface area contributed by atoms with Crippen molar-refractivity contribution in [2.24, 2.45) is 5.73 Å². The van der Waals surface area contributed by atoms with Crippen LogP contribution in [0.2, 0.25) is 0 Å². The zero-order valence-corrected chi connectivity index (χ0v) is 19.0. The first-order valence-corrected chi connectivity index (χ1v) is 11.1. The molecule has 2 aromatic heterocycles. The van der Waals surface area contributed by atoms with E-state index < -0.39 is 5.91 Å². The first-order chi connectivity index (χ1) is 16.6. The van der Waals surface area contributed by atoms with Gasteiger partial charge in [-0.1, -0.05) is 5.92 Å². The van der Waals surface area contributed by atoms with E-state index >= 15 is 0 Å². The molecule has 0 spiro atoms. The van der Waals surface area contributed by atoms with Crippen molar-refractivity contribution in [3.8, 4) is 40.5 Å². The molecule has 8 heteroatoms. The summed E-state index contributed by atoms with van der Waals surface area (Å²) in [5, 5.41) is 4.48. The van der Waals surface area contributed by atoms with Gasteiger partial charge in [0, 0.05) is 36.2 Å². The second-order valence-electron chi connectivity index (χ2n) is 8.17. The zero-order chi connectivity index (χ0) is 23.7. The van der Waals surface area contributed by atoms with Gasteiger partial charge in [-0.25, -0.2) is 4.52 Å². The first kappa shape index (κ1) is 21.5. The van der Waals surface area contributed by atoms with Gasteiger partial charge in [0.05, 0.1) is 19.0 Å². The van der Waals surface area contributed by atoms with Crippen molar-refractivity contribution >= 4 is 11.6 Å². The Morgan fingerprint density at radius 1 is 1.12 bits per heavy atom. The molecule has 0 radical (unpaired) electrons. The second kappa shape index (κ2) is 8.87. The molecular weight excluding hydrogens is 430 g/mol. The number of nitrogens with one attached hydrogen (secondary N) is 1. The predicted octanol–water partition coefficient (Wildman–Crippen LogP) is 4.00. The maximum atomic E-state index is 12.4. The molecular formula is C26H25N5O3. The lowest BCUT2D eigenvalue weighted by Gasteiger charge is -2.09. The number of rotatable bonds is 6. The highest BCUT2D eigenvalue weighted by Crippen LogP contribution is 2.33. The predicted molar refractivity (Wildman–Crippen MR) is 129 cm³/mol. The maximum Gasteiger partial charge on any atom is 0.269 e. The number of likely N-dealkylation sites (tertiary alicyclic amines) is 1. The van der Waals surface area contributed by atoms with Crippen molar-refractivity contribution < 1.29 is 14.3 Å². The normalized spacial score (nSPS) is 15.2. The Balaban J connectivity index is 1.44. The average molecular weight is 456 g/mol. The van der Waals surface area contributed by atoms with Gasteiger partial charge in [0.2, 0.25) is 0 Å². The van der Waals surface area contributed by atoms with Crippen LogP contribution >= 0.6 is 0 Å². The van der Waals surface area contributed by atoms with Crippen molar-refractivity contribution in [1.29, 1.82) is 0 Å². The number of imidazole rings is 1. The molecule has 1 fully saturated rings. The van der Waals surface area contributed by atoms with E-state index in [0.717, 1.165) is 42.0 Å². The lowest BCUT2D eigenvalue weighted by molar-refractivity contribution is 0.0994. The fourth-order valence-electron chi connectivity index (χ4n) is 4.42. The number of hydrogen-bond acceptors (Lipinski definition) is 5. The number of carbonyl (C=O) groups excluding carboxylic acids is 1. The molecule has 3 heterocycles. The molecule has 2 aromatic carbocycles. The molecule has 1 aliphatic rings. The van der Waals surface area contributed by atoms with E-state index in [1.807, 2.05) is 61.7 Å². The third-order valence-corrected chi connectivity index (χ3v) is 6.06. The molecule has 0 saturated carbocycles. The Kier molecular flexibility index (Phi) is 5.60. The van der Waals surface area contributed by atoms with E-state index in [4.69, 9.17) is 15.2 Å². The minimum Gasteiger partial charge on any atom is -0.497 e. The van der Waals surface area contributed by atoms with E-state index in [-0.39, 0.29) is 5.92 Å². The largest absolute Gasteiger partial charge is 0.497 e. The van der Waals surface area contributed by atoms with Crippen molar-refractivity contribution in [1.82, 2.24) is 19.5 Å². The number of aromatic amines is 1. The van der Waals surface area contributed by atoms with Crippen LogP contribution in [0.15, 0.2) is 54.7 Å². The molecule has 0 bridgehead atoms. The summed E-state index contributed by atoms with van der Waals surface area (Å²) in [6, 6.07) is 18.0. The first-order valence-electron chi connectivity index (χ1n) is 11.1. The summed E-state index contributed by atoms with van der Waals surface area (Å²) in [4.78, 5) is 17.9. The summed E-state index contributed by atoms with van der Waals surface area (Å²) in [7, 11) is 1.62. The number of benzene rings is 2. The quantitative estimate of drug-likeness (QED) is 0.428. The van der Waals surface area contributed by atoms with E-state index in [9.17, 15) is 4.79 Å². The molecule has 172 valence electrons. The average Bonchev–Trinajstić information content (AvgIpc) is 3.55. The minimum absolute atomic E-state index is 0.283. The third-order valence-electron chi connectivity index (χ3n) is 6.06. The molecule has 3 N–H and O–H groups in total. The van der Waals surface area contributed by atoms with Crippen LogP contribution in [0.5, 0.6) is 17.2 Å². The molecule has 1 saturated heterocycles. The van der Waals surface area contributed by atoms with Crippen LogP contribution in [0.25, 0.3) is 16.9 Å². The highest BCUT2D eigenvalue weighted by atomic mass is 16.5. The standard InChI is InChI=1S/C26H25N5O3/c1-3-13-30-14-12-18(16-30)22-15-28-31-24(25(27)32)23(29-26(22)31)17-4-6-20(7-5-17)34-21-10-8-19(33-2)9-11-21/h4-11,15,18,29H,12,14,16H2,1-2H3,(H2,27,32). The van der Waals surface area contributed by atoms with Crippen molar-refractivity contribution in [2.75, 3.05) is 20.2 Å². The smallest absolute Gasteiger partial charge is 0.269 e. The molecule has 1 atom stereocenters. The molecule has 5 rings (SSSR count). The van der Waals surface area contributed by atoms with Gasteiger partial charge in [0.1, 0.15) is 22.9 Å². The molecule has 34 heavy (non-hydrogen) atoms. The summed E-state index contributed by atoms with van der Waals surface area (Å²) in [5.41, 5.74) is 9.39. The van der Waals surface area contributed by atoms with E-state index in [1.54, 1.807) is 11.6 Å². The van der Waals surface area contributed by atoms with Crippen LogP contribution in [-0.2, 0) is 0 Å². The molecule has 4 aromatic rings. The second-order valence-corrected chi connectivity index (χ2v) is 8.17. The number of H-pyrrole nitrogens is 1. The van der Waals surface area contributed by atoms with Crippen LogP contribution in [0.3, 0.4) is 0 Å². The number of nitrogens with two attached hydrogens (primary N) is 1. The number of nitrogens with zero attached hydrogens (tertiary/aromatic N) is 3. The molecule has 1 aliphatic heterocycles. The van der Waals surface area contributed by atoms with Crippen molar-refractivity contribution in [3.05, 3.63) is 66.0 Å². The Morgan fingerprint density at radius 2 is 1.79 bits per heavy atom. The van der Waals surface area contributed by atoms with Crippen LogP contribution in [0.4, 0.5) is 0 Å². The van der Waals surface area contributed by atoms with Gasteiger partial charge in [0.15, 0.2) is 5.69 Å². The molecule has 0 aliphatic carbocycles. The van der Waals surface area contributed by atoms with Gasteiger partial charge in [0.25, 0.3) is 5.91 Å². The van der Waals surface area contributed by atoms with E-state index in [1.165, 1.54) is 0 Å². The summed E-state index contributed by atoms with van der Waals surface area (Å²) in [6.07, 6.45) is 2.80. The number of methoxy groups -OCH3 is 1. The summed E-state index contributed by atoms with van der Waals surface area (Å²) in [6.45, 7) is 3.59. The van der Waals surface area contributed by atoms with E-state index in [0.29, 0.717) is 22.9 Å². The number of hydrogen-bond donors (Lipinski definition) is 2. The fraction of sp³-hybridized carbons (Fsp3) is 0.231. The van der Waals surface area contributed by atoms with Gasteiger partial charge in [-0.15, -0.1) is 0 Å². The molecule has 1 amide bonds. The highest BCUT2D eigenvalue weighted by Gasteiger charge is 2.28. The fourth-order valence-corrected chi connectivity index (χ4v) is 4.42. The number of ether oxygens (including phenoxy) is 2. The highest BCUT2D eigenvalue weighted by molar-refractivity contribution is 5.98. The Bertz CT molecular complexity index is 1390. The van der Waals surface area contributed by atoms with Gasteiger partial charge < -0.3 is 25.1 Å². The topological polar surface area (TPSA) is 97.9 Å². The molecule has 8 nitrogen and oxygen atoms in total. The lowest BCUT2D eigenvalue weighted by atomic mass is 10.0. The van der Waals surface area contributed by atoms with E-state index in [2.05, 4.69) is 26.9 Å². The SMILES string of the molecule is CC#CN1CCC(c2cnn3c(C(N)=O)c(-c4ccc(Oc5ccc(OC)cc5)cc4)[nH]c23)C1. The summed E-state index contributed by atoms with van der Waals surface area (Å²) < 4.78 is 12.7. The Hall–Kier alpha value is -4.38. The van der Waals surface area contributed by atoms with Gasteiger partial charge in [-0.3, -0.25) is 4.79 Å². The lowest BCUT2D eigenvalue weighted by Crippen LogP contribution is -2.15. The van der Waals surface area contributed by atoms with Gasteiger partial charge >= 0.3 is 0 Å². The van der Waals surface area contributed by atoms with Crippen LogP contribution in [0.1, 0.15) is 35.3 Å². The summed E-state index contributed by atoms with van der Waals surface area (Å²) in [5.74, 6) is 4.84. The Labute approximate surface area is 197 Å². The third kappa shape index (κ3) is 3.92. The molecule has 1 unspecified atom stereocenters.